The summed E-state index contributed by atoms with van der Waals surface area (Å²) in [6, 6.07) is 10.2. The van der Waals surface area contributed by atoms with Crippen molar-refractivity contribution >= 4 is 23.5 Å². The lowest BCUT2D eigenvalue weighted by atomic mass is 10.1. The van der Waals surface area contributed by atoms with Crippen LogP contribution in [0.3, 0.4) is 0 Å². The maximum absolute atomic E-state index is 12.6. The van der Waals surface area contributed by atoms with Crippen molar-refractivity contribution in [1.82, 2.24) is 9.88 Å². The molecule has 2 heterocycles. The number of benzene rings is 1. The number of aromatic carboxylic acids is 1. The van der Waals surface area contributed by atoms with Gasteiger partial charge in [-0.2, -0.15) is 0 Å². The molecule has 7 heteroatoms. The molecule has 0 bridgehead atoms. The summed E-state index contributed by atoms with van der Waals surface area (Å²) in [4.78, 5) is 29.5. The number of likely N-dealkylation sites (tertiary alicyclic amines) is 1. The lowest BCUT2D eigenvalue weighted by Crippen LogP contribution is -2.42. The molecule has 0 unspecified atom stereocenters. The first-order valence-electron chi connectivity index (χ1n) is 8.37. The maximum atomic E-state index is 12.6. The standard InChI is InChI=1S/C19H19ClN2O4/c1-12-14(19(24)25)6-7-16(21-12)18(23)22-10-8-13(9-11-22)26-17-5-3-2-4-15(17)20/h2-7,13H,8-11H2,1H3,(H,24,25). The number of carboxylic acids is 1. The van der Waals surface area contributed by atoms with Crippen LogP contribution in [-0.4, -0.2) is 46.1 Å². The molecule has 1 saturated heterocycles. The fourth-order valence-corrected chi connectivity index (χ4v) is 3.15. The number of carbonyl (C=O) groups is 2. The molecule has 1 aliphatic heterocycles. The summed E-state index contributed by atoms with van der Waals surface area (Å²) in [5, 5.41) is 9.63. The number of halogens is 1. The Morgan fingerprint density at radius 3 is 2.50 bits per heavy atom. The van der Waals surface area contributed by atoms with Gasteiger partial charge in [-0.15, -0.1) is 0 Å². The van der Waals surface area contributed by atoms with Crippen LogP contribution in [0.25, 0.3) is 0 Å². The third-order valence-corrected chi connectivity index (χ3v) is 4.71. The zero-order valence-corrected chi connectivity index (χ0v) is 15.1. The summed E-state index contributed by atoms with van der Waals surface area (Å²) in [6.07, 6.45) is 1.40. The van der Waals surface area contributed by atoms with E-state index >= 15 is 0 Å². The number of nitrogens with zero attached hydrogens (tertiary/aromatic N) is 2. The van der Waals surface area contributed by atoms with Crippen molar-refractivity contribution in [2.75, 3.05) is 13.1 Å². The smallest absolute Gasteiger partial charge is 0.337 e. The third-order valence-electron chi connectivity index (χ3n) is 4.39. The second kappa shape index (κ2) is 7.74. The third kappa shape index (κ3) is 3.96. The quantitative estimate of drug-likeness (QED) is 0.886. The lowest BCUT2D eigenvalue weighted by molar-refractivity contribution is 0.0587. The molecule has 3 rings (SSSR count). The number of ether oxygens (including phenoxy) is 1. The molecule has 6 nitrogen and oxygen atoms in total. The Balaban J connectivity index is 1.61. The zero-order chi connectivity index (χ0) is 18.7. The van der Waals surface area contributed by atoms with Gasteiger partial charge >= 0.3 is 5.97 Å². The van der Waals surface area contributed by atoms with Gasteiger partial charge in [-0.05, 0) is 31.2 Å². The largest absolute Gasteiger partial charge is 0.489 e. The number of piperidine rings is 1. The molecule has 2 aromatic rings. The second-order valence-corrected chi connectivity index (χ2v) is 6.58. The first kappa shape index (κ1) is 18.2. The molecule has 1 fully saturated rings. The van der Waals surface area contributed by atoms with Crippen LogP contribution in [0.15, 0.2) is 36.4 Å². The normalized spacial score (nSPS) is 14.9. The molecule has 0 aliphatic carbocycles. The van der Waals surface area contributed by atoms with E-state index in [4.69, 9.17) is 21.4 Å². The van der Waals surface area contributed by atoms with E-state index in [1.54, 1.807) is 17.9 Å². The van der Waals surface area contributed by atoms with Crippen molar-refractivity contribution < 1.29 is 19.4 Å². The van der Waals surface area contributed by atoms with Crippen LogP contribution in [0.2, 0.25) is 5.02 Å². The van der Waals surface area contributed by atoms with Crippen LogP contribution >= 0.6 is 11.6 Å². The van der Waals surface area contributed by atoms with Crippen molar-refractivity contribution in [3.05, 3.63) is 58.4 Å². The Labute approximate surface area is 156 Å². The molecule has 1 amide bonds. The predicted molar refractivity (Wildman–Crippen MR) is 96.9 cm³/mol. The molecule has 136 valence electrons. The summed E-state index contributed by atoms with van der Waals surface area (Å²) in [6.45, 7) is 2.69. The Morgan fingerprint density at radius 1 is 1.19 bits per heavy atom. The Hall–Kier alpha value is -2.60. The maximum Gasteiger partial charge on any atom is 0.337 e. The molecule has 26 heavy (non-hydrogen) atoms. The van der Waals surface area contributed by atoms with Crippen LogP contribution in [0.1, 0.15) is 39.4 Å². The van der Waals surface area contributed by atoms with E-state index in [-0.39, 0.29) is 23.3 Å². The fourth-order valence-electron chi connectivity index (χ4n) is 2.96. The molecular weight excluding hydrogens is 356 g/mol. The molecule has 0 radical (unpaired) electrons. The van der Waals surface area contributed by atoms with Crippen LogP contribution < -0.4 is 4.74 Å². The number of carboxylic acid groups (broad SMARTS) is 1. The van der Waals surface area contributed by atoms with Gasteiger partial charge in [-0.1, -0.05) is 23.7 Å². The number of para-hydroxylation sites is 1. The average Bonchev–Trinajstić information content (AvgIpc) is 2.63. The first-order valence-corrected chi connectivity index (χ1v) is 8.75. The van der Waals surface area contributed by atoms with E-state index in [2.05, 4.69) is 4.98 Å². The highest BCUT2D eigenvalue weighted by molar-refractivity contribution is 6.32. The SMILES string of the molecule is Cc1nc(C(=O)N2CCC(Oc3ccccc3Cl)CC2)ccc1C(=O)O. The first-order chi connectivity index (χ1) is 12.5. The molecule has 1 aliphatic rings. The molecule has 0 spiro atoms. The molecular formula is C19H19ClN2O4. The Morgan fingerprint density at radius 2 is 1.88 bits per heavy atom. The van der Waals surface area contributed by atoms with Crippen molar-refractivity contribution in [2.45, 2.75) is 25.9 Å². The van der Waals surface area contributed by atoms with E-state index in [0.717, 1.165) is 0 Å². The molecule has 1 N–H and O–H groups in total. The van der Waals surface area contributed by atoms with Gasteiger partial charge < -0.3 is 14.7 Å². The minimum atomic E-state index is -1.05. The van der Waals surface area contributed by atoms with Gasteiger partial charge in [-0.3, -0.25) is 4.79 Å². The summed E-state index contributed by atoms with van der Waals surface area (Å²) < 4.78 is 5.93. The van der Waals surface area contributed by atoms with E-state index in [0.29, 0.717) is 42.4 Å². The van der Waals surface area contributed by atoms with E-state index in [9.17, 15) is 9.59 Å². The van der Waals surface area contributed by atoms with Gasteiger partial charge in [0.25, 0.3) is 5.91 Å². The fraction of sp³-hybridized carbons (Fsp3) is 0.316. The Bertz CT molecular complexity index is 832. The second-order valence-electron chi connectivity index (χ2n) is 6.17. The number of pyridine rings is 1. The number of aromatic nitrogens is 1. The van der Waals surface area contributed by atoms with Crippen molar-refractivity contribution in [3.63, 3.8) is 0 Å². The van der Waals surface area contributed by atoms with Gasteiger partial charge in [0.1, 0.15) is 17.5 Å². The van der Waals surface area contributed by atoms with Crippen molar-refractivity contribution in [3.8, 4) is 5.75 Å². The number of carbonyl (C=O) groups excluding carboxylic acids is 1. The highest BCUT2D eigenvalue weighted by Gasteiger charge is 2.26. The highest BCUT2D eigenvalue weighted by Crippen LogP contribution is 2.27. The van der Waals surface area contributed by atoms with Crippen molar-refractivity contribution in [1.29, 1.82) is 0 Å². The molecule has 0 atom stereocenters. The number of amides is 1. The monoisotopic (exact) mass is 374 g/mol. The minimum absolute atomic E-state index is 0.00281. The summed E-state index contributed by atoms with van der Waals surface area (Å²) in [5.74, 6) is -0.590. The van der Waals surface area contributed by atoms with E-state index < -0.39 is 5.97 Å². The van der Waals surface area contributed by atoms with Gasteiger partial charge in [0.2, 0.25) is 0 Å². The Kier molecular flexibility index (Phi) is 5.42. The number of aryl methyl sites for hydroxylation is 1. The zero-order valence-electron chi connectivity index (χ0n) is 14.3. The predicted octanol–water partition coefficient (Wildman–Crippen LogP) is 3.43. The minimum Gasteiger partial charge on any atom is -0.489 e. The van der Waals surface area contributed by atoms with E-state index in [1.165, 1.54) is 12.1 Å². The lowest BCUT2D eigenvalue weighted by Gasteiger charge is -2.32. The molecule has 1 aromatic carbocycles. The van der Waals surface area contributed by atoms with Gasteiger partial charge in [0.05, 0.1) is 16.3 Å². The van der Waals surface area contributed by atoms with Gasteiger partial charge in [-0.25, -0.2) is 9.78 Å². The number of rotatable bonds is 4. The highest BCUT2D eigenvalue weighted by atomic mass is 35.5. The average molecular weight is 375 g/mol. The molecule has 1 aromatic heterocycles. The summed E-state index contributed by atoms with van der Waals surface area (Å²) in [5.41, 5.74) is 0.701. The van der Waals surface area contributed by atoms with Crippen LogP contribution in [0, 0.1) is 6.92 Å². The van der Waals surface area contributed by atoms with Crippen LogP contribution in [-0.2, 0) is 0 Å². The number of hydrogen-bond donors (Lipinski definition) is 1. The van der Waals surface area contributed by atoms with Crippen LogP contribution in [0.5, 0.6) is 5.75 Å². The van der Waals surface area contributed by atoms with E-state index in [1.807, 2.05) is 18.2 Å². The van der Waals surface area contributed by atoms with Crippen molar-refractivity contribution in [2.24, 2.45) is 0 Å². The van der Waals surface area contributed by atoms with Gasteiger partial charge in [0, 0.05) is 25.9 Å². The summed E-state index contributed by atoms with van der Waals surface area (Å²) in [7, 11) is 0. The van der Waals surface area contributed by atoms with Crippen LogP contribution in [0.4, 0.5) is 0 Å². The topological polar surface area (TPSA) is 79.7 Å². The molecule has 0 saturated carbocycles. The van der Waals surface area contributed by atoms with Gasteiger partial charge in [0.15, 0.2) is 0 Å². The number of hydrogen-bond acceptors (Lipinski definition) is 4. The summed E-state index contributed by atoms with van der Waals surface area (Å²) >= 11 is 6.11.